The summed E-state index contributed by atoms with van der Waals surface area (Å²) < 4.78 is 5.55. The summed E-state index contributed by atoms with van der Waals surface area (Å²) >= 11 is 6.03. The first-order valence-electron chi connectivity index (χ1n) is 8.30. The van der Waals surface area contributed by atoms with Crippen LogP contribution in [0.1, 0.15) is 31.0 Å². The van der Waals surface area contributed by atoms with E-state index in [1.807, 2.05) is 56.3 Å². The van der Waals surface area contributed by atoms with Gasteiger partial charge < -0.3 is 15.4 Å². The Morgan fingerprint density at radius 2 is 1.81 bits per heavy atom. The van der Waals surface area contributed by atoms with Crippen molar-refractivity contribution in [2.45, 2.75) is 25.5 Å². The van der Waals surface area contributed by atoms with Crippen molar-refractivity contribution in [2.24, 2.45) is 0 Å². The molecule has 138 valence electrons. The summed E-state index contributed by atoms with van der Waals surface area (Å²) in [5.74, 6) is -1.40. The van der Waals surface area contributed by atoms with Crippen molar-refractivity contribution in [3.63, 3.8) is 0 Å². The topological polar surface area (TPSA) is 67.4 Å². The molecule has 0 bridgehead atoms. The largest absolute Gasteiger partial charge is 0.372 e. The minimum Gasteiger partial charge on any atom is -0.372 e. The van der Waals surface area contributed by atoms with Crippen LogP contribution in [-0.4, -0.2) is 25.5 Å². The van der Waals surface area contributed by atoms with Crippen LogP contribution in [0.4, 0.5) is 0 Å². The number of hydrogen-bond acceptors (Lipinski definition) is 3. The Morgan fingerprint density at radius 1 is 1.12 bits per heavy atom. The minimum absolute atomic E-state index is 0.135. The second-order valence-electron chi connectivity index (χ2n) is 6.23. The standard InChI is InChI=1S/C20H23ClN2O3/c1-14(15-8-5-4-6-9-15)23-19(25)18(24)22-13-20(2,26-3)16-10-7-11-17(21)12-16/h4-12,14H,13H2,1-3H3,(H,22,24)(H,23,25)/t14-,20-/m1/s1. The van der Waals surface area contributed by atoms with Gasteiger partial charge in [-0.05, 0) is 37.1 Å². The Bertz CT molecular complexity index is 767. The molecule has 26 heavy (non-hydrogen) atoms. The van der Waals surface area contributed by atoms with Crippen LogP contribution in [0.25, 0.3) is 0 Å². The van der Waals surface area contributed by atoms with Crippen molar-refractivity contribution in [3.8, 4) is 0 Å². The van der Waals surface area contributed by atoms with Crippen LogP contribution in [0, 0.1) is 0 Å². The van der Waals surface area contributed by atoms with Gasteiger partial charge in [0.25, 0.3) is 0 Å². The molecule has 6 heteroatoms. The SMILES string of the molecule is CO[C@](C)(CNC(=O)C(=O)N[C@H](C)c1ccccc1)c1cccc(Cl)c1. The van der Waals surface area contributed by atoms with Crippen LogP contribution < -0.4 is 10.6 Å². The highest BCUT2D eigenvalue weighted by atomic mass is 35.5. The van der Waals surface area contributed by atoms with Crippen molar-refractivity contribution in [3.05, 3.63) is 70.7 Å². The number of hydrogen-bond donors (Lipinski definition) is 2. The van der Waals surface area contributed by atoms with Crippen LogP contribution >= 0.6 is 11.6 Å². The van der Waals surface area contributed by atoms with Gasteiger partial charge in [0, 0.05) is 12.1 Å². The third-order valence-electron chi connectivity index (χ3n) is 4.33. The summed E-state index contributed by atoms with van der Waals surface area (Å²) in [4.78, 5) is 24.3. The monoisotopic (exact) mass is 374 g/mol. The number of carbonyl (C=O) groups is 2. The summed E-state index contributed by atoms with van der Waals surface area (Å²) in [6.07, 6.45) is 0. The van der Waals surface area contributed by atoms with Crippen molar-refractivity contribution in [1.29, 1.82) is 0 Å². The van der Waals surface area contributed by atoms with Gasteiger partial charge in [-0.3, -0.25) is 9.59 Å². The number of ether oxygens (including phenoxy) is 1. The smallest absolute Gasteiger partial charge is 0.309 e. The zero-order valence-electron chi connectivity index (χ0n) is 15.1. The second-order valence-corrected chi connectivity index (χ2v) is 6.67. The van der Waals surface area contributed by atoms with E-state index >= 15 is 0 Å². The summed E-state index contributed by atoms with van der Waals surface area (Å²) in [5.41, 5.74) is 0.937. The van der Waals surface area contributed by atoms with E-state index in [9.17, 15) is 9.59 Å². The molecule has 0 saturated carbocycles. The summed E-state index contributed by atoms with van der Waals surface area (Å²) in [6, 6.07) is 16.4. The van der Waals surface area contributed by atoms with Crippen molar-refractivity contribution < 1.29 is 14.3 Å². The predicted molar refractivity (Wildman–Crippen MR) is 102 cm³/mol. The van der Waals surface area contributed by atoms with Crippen LogP contribution in [0.3, 0.4) is 0 Å². The molecule has 2 rings (SSSR count). The molecule has 2 amide bonds. The highest BCUT2D eigenvalue weighted by Crippen LogP contribution is 2.26. The van der Waals surface area contributed by atoms with Gasteiger partial charge in [0.15, 0.2) is 0 Å². The zero-order chi connectivity index (χ0) is 19.2. The molecule has 0 spiro atoms. The highest BCUT2D eigenvalue weighted by molar-refractivity contribution is 6.35. The van der Waals surface area contributed by atoms with Gasteiger partial charge in [-0.1, -0.05) is 54.1 Å². The predicted octanol–water partition coefficient (Wildman–Crippen LogP) is 3.20. The van der Waals surface area contributed by atoms with Crippen molar-refractivity contribution >= 4 is 23.4 Å². The lowest BCUT2D eigenvalue weighted by atomic mass is 9.95. The molecule has 0 aromatic heterocycles. The molecule has 0 aliphatic rings. The van der Waals surface area contributed by atoms with E-state index in [0.29, 0.717) is 5.02 Å². The zero-order valence-corrected chi connectivity index (χ0v) is 15.8. The lowest BCUT2D eigenvalue weighted by Crippen LogP contribution is -2.46. The van der Waals surface area contributed by atoms with E-state index in [1.165, 1.54) is 0 Å². The lowest BCUT2D eigenvalue weighted by molar-refractivity contribution is -0.140. The summed E-state index contributed by atoms with van der Waals surface area (Å²) in [6.45, 7) is 3.78. The Kier molecular flexibility index (Phi) is 6.77. The molecular formula is C20H23ClN2O3. The third kappa shape index (κ3) is 5.07. The first kappa shape index (κ1) is 19.9. The van der Waals surface area contributed by atoms with E-state index in [2.05, 4.69) is 10.6 Å². The minimum atomic E-state index is -0.800. The molecular weight excluding hydrogens is 352 g/mol. The van der Waals surface area contributed by atoms with E-state index < -0.39 is 17.4 Å². The first-order chi connectivity index (χ1) is 12.4. The Morgan fingerprint density at radius 3 is 2.42 bits per heavy atom. The van der Waals surface area contributed by atoms with Gasteiger partial charge in [0.1, 0.15) is 5.60 Å². The number of amides is 2. The van der Waals surface area contributed by atoms with Crippen LogP contribution in [0.2, 0.25) is 5.02 Å². The summed E-state index contributed by atoms with van der Waals surface area (Å²) in [5, 5.41) is 5.89. The molecule has 0 heterocycles. The highest BCUT2D eigenvalue weighted by Gasteiger charge is 2.28. The van der Waals surface area contributed by atoms with E-state index in [0.717, 1.165) is 11.1 Å². The molecule has 2 aromatic carbocycles. The maximum atomic E-state index is 12.2. The average Bonchev–Trinajstić information content (AvgIpc) is 2.66. The molecule has 0 fully saturated rings. The fourth-order valence-corrected chi connectivity index (χ4v) is 2.72. The van der Waals surface area contributed by atoms with E-state index in [1.54, 1.807) is 19.2 Å². The molecule has 0 aliphatic heterocycles. The third-order valence-corrected chi connectivity index (χ3v) is 4.56. The van der Waals surface area contributed by atoms with Gasteiger partial charge in [-0.15, -0.1) is 0 Å². The number of benzene rings is 2. The van der Waals surface area contributed by atoms with E-state index in [4.69, 9.17) is 16.3 Å². The fourth-order valence-electron chi connectivity index (χ4n) is 2.53. The molecule has 0 unspecified atom stereocenters. The van der Waals surface area contributed by atoms with E-state index in [-0.39, 0.29) is 12.6 Å². The fraction of sp³-hybridized carbons (Fsp3) is 0.300. The number of nitrogens with one attached hydrogen (secondary N) is 2. The van der Waals surface area contributed by atoms with Crippen molar-refractivity contribution in [2.75, 3.05) is 13.7 Å². The second kappa shape index (κ2) is 8.83. The maximum absolute atomic E-state index is 12.2. The molecule has 0 saturated heterocycles. The van der Waals surface area contributed by atoms with Gasteiger partial charge in [-0.25, -0.2) is 0 Å². The maximum Gasteiger partial charge on any atom is 0.309 e. The number of carbonyl (C=O) groups excluding carboxylic acids is 2. The van der Waals surface area contributed by atoms with Gasteiger partial charge in [-0.2, -0.15) is 0 Å². The lowest BCUT2D eigenvalue weighted by Gasteiger charge is -2.29. The number of methoxy groups -OCH3 is 1. The molecule has 5 nitrogen and oxygen atoms in total. The van der Waals surface area contributed by atoms with Crippen LogP contribution in [0.5, 0.6) is 0 Å². The molecule has 0 aliphatic carbocycles. The Labute approximate surface area is 158 Å². The first-order valence-corrected chi connectivity index (χ1v) is 8.68. The molecule has 2 aromatic rings. The van der Waals surface area contributed by atoms with Gasteiger partial charge in [0.2, 0.25) is 0 Å². The Balaban J connectivity index is 1.96. The van der Waals surface area contributed by atoms with Crippen LogP contribution in [-0.2, 0) is 19.9 Å². The molecule has 2 atom stereocenters. The van der Waals surface area contributed by atoms with Gasteiger partial charge >= 0.3 is 11.8 Å². The normalized spacial score (nSPS) is 14.2. The van der Waals surface area contributed by atoms with Crippen LogP contribution in [0.15, 0.2) is 54.6 Å². The molecule has 0 radical (unpaired) electrons. The Hall–Kier alpha value is -2.37. The summed E-state index contributed by atoms with van der Waals surface area (Å²) in [7, 11) is 1.55. The molecule has 2 N–H and O–H groups in total. The average molecular weight is 375 g/mol. The number of rotatable bonds is 6. The van der Waals surface area contributed by atoms with Crippen molar-refractivity contribution in [1.82, 2.24) is 10.6 Å². The number of halogens is 1. The quantitative estimate of drug-likeness (QED) is 0.763. The van der Waals surface area contributed by atoms with Gasteiger partial charge in [0.05, 0.1) is 12.6 Å².